The molecule has 1 aromatic rings. The van der Waals surface area contributed by atoms with Gasteiger partial charge in [0.25, 0.3) is 0 Å². The first-order valence-electron chi connectivity index (χ1n) is 20.7. The molecule has 5 aliphatic rings. The molecule has 360 valence electrons. The Hall–Kier alpha value is -2.19. The Kier molecular flexibility index (Phi) is 17.2. The maximum absolute atomic E-state index is 12.6. The van der Waals surface area contributed by atoms with E-state index in [0.29, 0.717) is 5.56 Å². The minimum Gasteiger partial charge on any atom is -0.394 e. The van der Waals surface area contributed by atoms with Gasteiger partial charge in [-0.15, -0.1) is 0 Å². The maximum Gasteiger partial charge on any atom is 0.217 e. The summed E-state index contributed by atoms with van der Waals surface area (Å²) in [5, 5.41) is 132. The minimum absolute atomic E-state index is 0.0454. The van der Waals surface area contributed by atoms with Gasteiger partial charge in [-0.1, -0.05) is 30.3 Å². The van der Waals surface area contributed by atoms with Crippen molar-refractivity contribution in [2.75, 3.05) is 13.2 Å². The lowest BCUT2D eigenvalue weighted by atomic mass is 9.94. The lowest BCUT2D eigenvalue weighted by Gasteiger charge is -2.51. The van der Waals surface area contributed by atoms with Crippen LogP contribution in [-0.2, 0) is 58.8 Å². The highest BCUT2D eigenvalue weighted by atomic mass is 16.8. The van der Waals surface area contributed by atoms with Gasteiger partial charge in [0.1, 0.15) is 104 Å². The van der Waals surface area contributed by atoms with Crippen LogP contribution in [0.1, 0.15) is 33.3 Å². The lowest BCUT2D eigenvalue weighted by molar-refractivity contribution is -0.400. The van der Waals surface area contributed by atoms with Gasteiger partial charge in [-0.3, -0.25) is 4.79 Å². The van der Waals surface area contributed by atoms with Crippen molar-refractivity contribution in [3.63, 3.8) is 0 Å². The molecule has 0 radical (unpaired) electrons. The zero-order valence-corrected chi connectivity index (χ0v) is 34.8. The molecule has 1 amide bonds. The van der Waals surface area contributed by atoms with Crippen LogP contribution in [0.5, 0.6) is 0 Å². The van der Waals surface area contributed by atoms with Gasteiger partial charge in [-0.25, -0.2) is 0 Å². The fraction of sp³-hybridized carbons (Fsp3) is 0.821. The number of nitrogens with one attached hydrogen (secondary N) is 1. The Morgan fingerprint density at radius 3 is 1.65 bits per heavy atom. The quantitative estimate of drug-likeness (QED) is 0.0825. The number of aliphatic hydroxyl groups is 12. The third kappa shape index (κ3) is 11.0. The molecular weight excluding hydrogens is 850 g/mol. The predicted molar refractivity (Wildman–Crippen MR) is 203 cm³/mol. The number of benzene rings is 1. The summed E-state index contributed by atoms with van der Waals surface area (Å²) in [5.41, 5.74) is 0.706. The smallest absolute Gasteiger partial charge is 0.217 e. The van der Waals surface area contributed by atoms with Gasteiger partial charge < -0.3 is 114 Å². The van der Waals surface area contributed by atoms with Gasteiger partial charge in [0.2, 0.25) is 5.91 Å². The fourth-order valence-electron chi connectivity index (χ4n) is 8.20. The van der Waals surface area contributed by atoms with Crippen molar-refractivity contribution in [1.82, 2.24) is 5.32 Å². The molecular formula is C39H61NO23. The molecule has 0 spiro atoms. The Morgan fingerprint density at radius 2 is 1.03 bits per heavy atom. The molecule has 25 atom stereocenters. The highest BCUT2D eigenvalue weighted by molar-refractivity contribution is 5.73. The van der Waals surface area contributed by atoms with Crippen LogP contribution in [0.3, 0.4) is 0 Å². The van der Waals surface area contributed by atoms with Crippen LogP contribution in [0.2, 0.25) is 0 Å². The van der Waals surface area contributed by atoms with Crippen molar-refractivity contribution in [2.45, 2.75) is 188 Å². The second kappa shape index (κ2) is 21.6. The lowest BCUT2D eigenvalue weighted by Crippen LogP contribution is -2.70. The minimum atomic E-state index is -1.91. The third-order valence-corrected chi connectivity index (χ3v) is 11.9. The number of aliphatic hydroxyl groups excluding tert-OH is 12. The summed E-state index contributed by atoms with van der Waals surface area (Å²) in [6.07, 6.45) is -39.2. The normalized spacial score (nSPS) is 48.4. The molecule has 1 aromatic carbocycles. The van der Waals surface area contributed by atoms with Crippen molar-refractivity contribution in [2.24, 2.45) is 0 Å². The molecule has 5 saturated heterocycles. The molecule has 0 unspecified atom stereocenters. The van der Waals surface area contributed by atoms with E-state index in [1.807, 2.05) is 0 Å². The zero-order valence-electron chi connectivity index (χ0n) is 34.8. The van der Waals surface area contributed by atoms with Crippen LogP contribution >= 0.6 is 0 Å². The summed E-state index contributed by atoms with van der Waals surface area (Å²) in [5.74, 6) is -0.734. The van der Waals surface area contributed by atoms with E-state index in [2.05, 4.69) is 5.32 Å². The van der Waals surface area contributed by atoms with Crippen LogP contribution in [0.25, 0.3) is 0 Å². The van der Waals surface area contributed by atoms with Crippen molar-refractivity contribution in [1.29, 1.82) is 0 Å². The highest BCUT2D eigenvalue weighted by Gasteiger charge is 2.57. The molecule has 24 nitrogen and oxygen atoms in total. The van der Waals surface area contributed by atoms with Crippen molar-refractivity contribution in [3.05, 3.63) is 35.9 Å². The number of rotatable bonds is 14. The summed E-state index contributed by atoms with van der Waals surface area (Å²) in [7, 11) is 0. The van der Waals surface area contributed by atoms with E-state index in [-0.39, 0.29) is 6.61 Å². The topological polar surface area (TPSA) is 364 Å². The van der Waals surface area contributed by atoms with Crippen LogP contribution in [0.4, 0.5) is 0 Å². The number of amides is 1. The molecule has 13 N–H and O–H groups in total. The predicted octanol–water partition coefficient (Wildman–Crippen LogP) is -6.47. The monoisotopic (exact) mass is 911 g/mol. The number of carbonyl (C=O) groups excluding carboxylic acids is 1. The van der Waals surface area contributed by atoms with E-state index >= 15 is 0 Å². The Balaban J connectivity index is 1.32. The van der Waals surface area contributed by atoms with E-state index in [0.717, 1.165) is 6.92 Å². The van der Waals surface area contributed by atoms with E-state index in [9.17, 15) is 66.1 Å². The van der Waals surface area contributed by atoms with Crippen LogP contribution < -0.4 is 5.32 Å². The summed E-state index contributed by atoms with van der Waals surface area (Å²) in [6.45, 7) is 3.68. The molecule has 63 heavy (non-hydrogen) atoms. The first-order chi connectivity index (χ1) is 29.9. The number of carbonyl (C=O) groups is 1. The van der Waals surface area contributed by atoms with Gasteiger partial charge in [-0.2, -0.15) is 0 Å². The van der Waals surface area contributed by atoms with Gasteiger partial charge in [0, 0.05) is 6.92 Å². The molecule has 24 heteroatoms. The van der Waals surface area contributed by atoms with Crippen molar-refractivity contribution >= 4 is 5.91 Å². The average molecular weight is 912 g/mol. The summed E-state index contributed by atoms with van der Waals surface area (Å²) in [6, 6.07) is 7.29. The van der Waals surface area contributed by atoms with E-state index in [1.54, 1.807) is 30.3 Å². The average Bonchev–Trinajstić information content (AvgIpc) is 3.25. The van der Waals surface area contributed by atoms with Gasteiger partial charge in [0.05, 0.1) is 38.1 Å². The number of hydrogen-bond donors (Lipinski definition) is 13. The van der Waals surface area contributed by atoms with E-state index < -0.39 is 173 Å². The fourth-order valence-corrected chi connectivity index (χ4v) is 8.20. The maximum atomic E-state index is 12.6. The Labute approximate surface area is 361 Å². The SMILES string of the molecule is CC(=O)N[C@H]1[C@H](O[C@H]2[C@H](O[C@@H]3[C@H](O[C@H]4O[C@H](CO)[C@@H](O)[C@H](O)[C@H]4O)[C@@H](OCc4ccccc4)[C@H](C)O[C@H]3O)O[C@@H](C)[C@H](O)[C@H]2O)O[C@H](CO)[C@@H](O)[C@@H]1O[C@@H]1O[C@@H](C)[C@H](O)[C@@H](O)[C@H]1O. The highest BCUT2D eigenvalue weighted by Crippen LogP contribution is 2.37. The van der Waals surface area contributed by atoms with Crippen LogP contribution in [-0.4, -0.2) is 234 Å². The van der Waals surface area contributed by atoms with Gasteiger partial charge in [0.15, 0.2) is 31.5 Å². The Bertz CT molecular complexity index is 1590. The summed E-state index contributed by atoms with van der Waals surface area (Å²) >= 11 is 0. The molecule has 5 aliphatic heterocycles. The first kappa shape index (κ1) is 50.2. The number of ether oxygens (including phenoxy) is 10. The molecule has 6 rings (SSSR count). The standard InChI is InChI=1S/C39H61NO23/c1-13-21(44)25(48)28(51)37(56-13)60-31-20(40-16(4)43)36(58-19(11-42)24(31)47)61-32-27(50)22(45)14(2)57-39(32)63-34-33(62-38-29(52)26(49)23(46)18(10-41)59-38)30(15(3)55-35(34)53)54-12-17-8-6-5-7-9-17/h5-9,13-15,18-39,41-42,44-53H,10-12H2,1-4H3,(H,40,43)/t13-,14-,15-,18+,19+,20+,21-,22-,23+,24+,25+,26-,27+,28+,29+,30-,31+,32+,33+,34+,35+,36-,37-,38+,39-/m0/s1. The van der Waals surface area contributed by atoms with Crippen LogP contribution in [0, 0.1) is 0 Å². The summed E-state index contributed by atoms with van der Waals surface area (Å²) < 4.78 is 59.8. The summed E-state index contributed by atoms with van der Waals surface area (Å²) in [4.78, 5) is 12.6. The van der Waals surface area contributed by atoms with Crippen LogP contribution in [0.15, 0.2) is 30.3 Å². The molecule has 0 aliphatic carbocycles. The molecule has 0 saturated carbocycles. The molecule has 0 aromatic heterocycles. The zero-order chi connectivity index (χ0) is 46.0. The van der Waals surface area contributed by atoms with Gasteiger partial charge >= 0.3 is 0 Å². The Morgan fingerprint density at radius 1 is 0.524 bits per heavy atom. The largest absolute Gasteiger partial charge is 0.394 e. The van der Waals surface area contributed by atoms with Gasteiger partial charge in [-0.05, 0) is 26.3 Å². The second-order valence-corrected chi connectivity index (χ2v) is 16.4. The van der Waals surface area contributed by atoms with Crippen molar-refractivity contribution < 1.29 is 113 Å². The third-order valence-electron chi connectivity index (χ3n) is 11.9. The number of hydrogen-bond acceptors (Lipinski definition) is 23. The first-order valence-corrected chi connectivity index (χ1v) is 20.7. The second-order valence-electron chi connectivity index (χ2n) is 16.4. The van der Waals surface area contributed by atoms with E-state index in [1.165, 1.54) is 20.8 Å². The molecule has 5 fully saturated rings. The van der Waals surface area contributed by atoms with E-state index in [4.69, 9.17) is 47.4 Å². The van der Waals surface area contributed by atoms with Crippen molar-refractivity contribution in [3.8, 4) is 0 Å². The molecule has 0 bridgehead atoms. The molecule has 5 heterocycles.